The molecule has 7 nitrogen and oxygen atoms in total. The third-order valence-electron chi connectivity index (χ3n) is 4.58. The minimum Gasteiger partial charge on any atom is -0.270 e. The fraction of sp³-hybridized carbons (Fsp3) is 0.0952. The van der Waals surface area contributed by atoms with Crippen molar-refractivity contribution in [2.24, 2.45) is 0 Å². The van der Waals surface area contributed by atoms with Gasteiger partial charge >= 0.3 is 0 Å². The molecule has 0 radical (unpaired) electrons. The SMILES string of the molecule is Cc1cccc(-n2c(Sc3ccc4nnc(C(F)F)n4n3)nnc2-c2ccccc2)c1. The number of fused-ring (bicyclic) bond motifs is 1. The van der Waals surface area contributed by atoms with Gasteiger partial charge < -0.3 is 0 Å². The van der Waals surface area contributed by atoms with Crippen LogP contribution in [0.15, 0.2) is 76.9 Å². The molecule has 3 heterocycles. The maximum atomic E-state index is 13.2. The molecule has 0 aliphatic carbocycles. The van der Waals surface area contributed by atoms with E-state index in [1.165, 1.54) is 11.8 Å². The molecular weight excluding hydrogens is 420 g/mol. The molecule has 5 aromatic rings. The van der Waals surface area contributed by atoms with E-state index >= 15 is 0 Å². The quantitative estimate of drug-likeness (QED) is 0.396. The summed E-state index contributed by atoms with van der Waals surface area (Å²) in [5.74, 6) is 0.176. The van der Waals surface area contributed by atoms with Crippen molar-refractivity contribution in [1.82, 2.24) is 34.6 Å². The maximum Gasteiger partial charge on any atom is 0.299 e. The van der Waals surface area contributed by atoms with Crippen LogP contribution < -0.4 is 0 Å². The van der Waals surface area contributed by atoms with Gasteiger partial charge in [0.05, 0.1) is 5.69 Å². The fourth-order valence-corrected chi connectivity index (χ4v) is 3.99. The van der Waals surface area contributed by atoms with Gasteiger partial charge in [-0.15, -0.1) is 20.4 Å². The second-order valence-electron chi connectivity index (χ2n) is 6.75. The first-order valence-electron chi connectivity index (χ1n) is 9.36. The van der Waals surface area contributed by atoms with E-state index in [4.69, 9.17) is 0 Å². The van der Waals surface area contributed by atoms with E-state index in [2.05, 4.69) is 25.5 Å². The lowest BCUT2D eigenvalue weighted by Crippen LogP contribution is -2.02. The number of alkyl halides is 2. The molecule has 154 valence electrons. The van der Waals surface area contributed by atoms with Crippen LogP contribution in [0.25, 0.3) is 22.7 Å². The van der Waals surface area contributed by atoms with Gasteiger partial charge in [-0.3, -0.25) is 4.57 Å². The van der Waals surface area contributed by atoms with E-state index in [1.807, 2.05) is 66.1 Å². The number of hydrogen-bond donors (Lipinski definition) is 0. The van der Waals surface area contributed by atoms with Gasteiger partial charge in [-0.1, -0.05) is 42.5 Å². The minimum absolute atomic E-state index is 0.254. The molecule has 0 saturated carbocycles. The van der Waals surface area contributed by atoms with Crippen LogP contribution in [0.3, 0.4) is 0 Å². The Morgan fingerprint density at radius 1 is 0.871 bits per heavy atom. The van der Waals surface area contributed by atoms with Crippen molar-refractivity contribution < 1.29 is 8.78 Å². The van der Waals surface area contributed by atoms with E-state index in [-0.39, 0.29) is 5.65 Å². The second-order valence-corrected chi connectivity index (χ2v) is 7.74. The monoisotopic (exact) mass is 435 g/mol. The van der Waals surface area contributed by atoms with Gasteiger partial charge in [0, 0.05) is 5.56 Å². The lowest BCUT2D eigenvalue weighted by Gasteiger charge is -2.11. The molecule has 10 heteroatoms. The lowest BCUT2D eigenvalue weighted by molar-refractivity contribution is 0.137. The number of hydrogen-bond acceptors (Lipinski definition) is 6. The van der Waals surface area contributed by atoms with Gasteiger partial charge in [0.1, 0.15) is 5.03 Å². The molecule has 3 aromatic heterocycles. The van der Waals surface area contributed by atoms with E-state index < -0.39 is 12.2 Å². The van der Waals surface area contributed by atoms with Crippen molar-refractivity contribution in [2.45, 2.75) is 23.5 Å². The Bertz CT molecular complexity index is 1360. The molecule has 0 saturated heterocycles. The van der Waals surface area contributed by atoms with Gasteiger partial charge in [-0.2, -0.15) is 9.61 Å². The van der Waals surface area contributed by atoms with Crippen LogP contribution in [0.1, 0.15) is 17.8 Å². The van der Waals surface area contributed by atoms with Crippen LogP contribution in [0.2, 0.25) is 0 Å². The average Bonchev–Trinajstić information content (AvgIpc) is 3.38. The second kappa shape index (κ2) is 7.88. The van der Waals surface area contributed by atoms with Crippen LogP contribution in [-0.4, -0.2) is 34.6 Å². The Kier molecular flexibility index (Phi) is 4.91. The van der Waals surface area contributed by atoms with Gasteiger partial charge in [0.25, 0.3) is 6.43 Å². The summed E-state index contributed by atoms with van der Waals surface area (Å²) >= 11 is 1.23. The van der Waals surface area contributed by atoms with Crippen LogP contribution in [0.4, 0.5) is 8.78 Å². The molecule has 0 atom stereocenters. The number of nitrogens with zero attached hydrogens (tertiary/aromatic N) is 7. The van der Waals surface area contributed by atoms with Crippen LogP contribution in [0, 0.1) is 6.92 Å². The smallest absolute Gasteiger partial charge is 0.270 e. The molecule has 0 spiro atoms. The first-order valence-corrected chi connectivity index (χ1v) is 10.2. The van der Waals surface area contributed by atoms with Crippen molar-refractivity contribution >= 4 is 17.4 Å². The summed E-state index contributed by atoms with van der Waals surface area (Å²) in [7, 11) is 0. The number of benzene rings is 2. The Balaban J connectivity index is 1.62. The summed E-state index contributed by atoms with van der Waals surface area (Å²) in [4.78, 5) is 0. The van der Waals surface area contributed by atoms with Crippen molar-refractivity contribution in [3.8, 4) is 17.1 Å². The third-order valence-corrected chi connectivity index (χ3v) is 5.45. The van der Waals surface area contributed by atoms with Crippen molar-refractivity contribution in [2.75, 3.05) is 0 Å². The van der Waals surface area contributed by atoms with Gasteiger partial charge in [0.15, 0.2) is 11.5 Å². The molecule has 2 aromatic carbocycles. The molecular formula is C21H15F2N7S. The van der Waals surface area contributed by atoms with Crippen LogP contribution in [-0.2, 0) is 0 Å². The summed E-state index contributed by atoms with van der Waals surface area (Å²) in [6.07, 6.45) is -2.77. The van der Waals surface area contributed by atoms with Crippen molar-refractivity contribution in [3.63, 3.8) is 0 Å². The predicted octanol–water partition coefficient (Wildman–Crippen LogP) is 4.77. The first-order chi connectivity index (χ1) is 15.1. The summed E-state index contributed by atoms with van der Waals surface area (Å²) in [5, 5.41) is 21.3. The van der Waals surface area contributed by atoms with E-state index in [0.29, 0.717) is 16.0 Å². The Morgan fingerprint density at radius 3 is 2.48 bits per heavy atom. The summed E-state index contributed by atoms with van der Waals surface area (Å²) in [6, 6.07) is 21.0. The highest BCUT2D eigenvalue weighted by Crippen LogP contribution is 2.32. The minimum atomic E-state index is -2.77. The predicted molar refractivity (Wildman–Crippen MR) is 111 cm³/mol. The summed E-state index contributed by atoms with van der Waals surface area (Å²) in [6.45, 7) is 2.01. The number of aryl methyl sites for hydroxylation is 1. The maximum absolute atomic E-state index is 13.2. The summed E-state index contributed by atoms with van der Waals surface area (Å²) in [5.41, 5.74) is 3.15. The van der Waals surface area contributed by atoms with E-state index in [0.717, 1.165) is 21.3 Å². The van der Waals surface area contributed by atoms with Crippen molar-refractivity contribution in [3.05, 3.63) is 78.1 Å². The lowest BCUT2D eigenvalue weighted by atomic mass is 10.2. The molecule has 0 aliphatic rings. The van der Waals surface area contributed by atoms with Crippen molar-refractivity contribution in [1.29, 1.82) is 0 Å². The molecule has 0 N–H and O–H groups in total. The van der Waals surface area contributed by atoms with Gasteiger partial charge in [0.2, 0.25) is 11.0 Å². The number of halogens is 2. The highest BCUT2D eigenvalue weighted by molar-refractivity contribution is 7.99. The zero-order chi connectivity index (χ0) is 21.4. The molecule has 0 bridgehead atoms. The normalized spacial score (nSPS) is 11.5. The Hall–Kier alpha value is -3.66. The van der Waals surface area contributed by atoms with E-state index in [1.54, 1.807) is 12.1 Å². The van der Waals surface area contributed by atoms with Crippen LogP contribution in [0.5, 0.6) is 0 Å². The summed E-state index contributed by atoms with van der Waals surface area (Å²) < 4.78 is 29.4. The molecule has 0 unspecified atom stereocenters. The van der Waals surface area contributed by atoms with E-state index in [9.17, 15) is 8.78 Å². The van der Waals surface area contributed by atoms with Gasteiger partial charge in [-0.05, 0) is 48.5 Å². The highest BCUT2D eigenvalue weighted by Gasteiger charge is 2.20. The zero-order valence-electron chi connectivity index (χ0n) is 16.2. The molecule has 0 amide bonds. The molecule has 31 heavy (non-hydrogen) atoms. The Morgan fingerprint density at radius 2 is 1.71 bits per heavy atom. The third kappa shape index (κ3) is 3.66. The number of aromatic nitrogens is 7. The standard InChI is InChI=1S/C21H15F2N7S/c1-13-6-5-9-15(12-13)29-19(14-7-3-2-4-8-14)25-27-21(29)31-17-11-10-16-24-26-20(18(22)23)30(16)28-17/h2-12,18H,1H3. The van der Waals surface area contributed by atoms with Gasteiger partial charge in [-0.25, -0.2) is 8.78 Å². The molecule has 0 aliphatic heterocycles. The van der Waals surface area contributed by atoms with Crippen LogP contribution >= 0.6 is 11.8 Å². The largest absolute Gasteiger partial charge is 0.299 e. The molecule has 5 rings (SSSR count). The zero-order valence-corrected chi connectivity index (χ0v) is 17.0. The number of rotatable bonds is 5. The topological polar surface area (TPSA) is 73.8 Å². The first kappa shape index (κ1) is 19.3. The molecule has 0 fully saturated rings. The average molecular weight is 435 g/mol. The Labute approximate surface area is 179 Å². The fourth-order valence-electron chi connectivity index (χ4n) is 3.18. The highest BCUT2D eigenvalue weighted by atomic mass is 32.2.